The zero-order chi connectivity index (χ0) is 24.2. The van der Waals surface area contributed by atoms with E-state index in [9.17, 15) is 20.4 Å². The highest BCUT2D eigenvalue weighted by Gasteiger charge is 2.43. The quantitative estimate of drug-likeness (QED) is 0.429. The van der Waals surface area contributed by atoms with Crippen LogP contribution in [0.5, 0.6) is 5.75 Å². The van der Waals surface area contributed by atoms with E-state index in [0.717, 1.165) is 33.6 Å². The molecule has 3 aromatic rings. The van der Waals surface area contributed by atoms with Gasteiger partial charge in [0, 0.05) is 0 Å². The molecule has 4 N–H and O–H groups in total. The molecule has 0 saturated carbocycles. The van der Waals surface area contributed by atoms with Crippen molar-refractivity contribution in [1.82, 2.24) is 0 Å². The van der Waals surface area contributed by atoms with Crippen LogP contribution in [-0.4, -0.2) is 58.1 Å². The molecular formula is C28H32O6. The molecule has 3 aromatic carbocycles. The van der Waals surface area contributed by atoms with Crippen molar-refractivity contribution in [2.75, 3.05) is 13.2 Å². The molecule has 5 atom stereocenters. The van der Waals surface area contributed by atoms with Crippen molar-refractivity contribution in [3.05, 3.63) is 89.0 Å². The van der Waals surface area contributed by atoms with Crippen molar-refractivity contribution in [2.45, 2.75) is 50.8 Å². The van der Waals surface area contributed by atoms with Gasteiger partial charge in [0.15, 0.2) is 0 Å². The molecule has 6 nitrogen and oxygen atoms in total. The number of aliphatic hydroxyl groups is 4. The molecule has 4 rings (SSSR count). The number of hydrogen-bond acceptors (Lipinski definition) is 6. The van der Waals surface area contributed by atoms with Gasteiger partial charge in [-0.1, -0.05) is 54.6 Å². The standard InChI is InChI=1S/C28H32O6/c1-3-33-23-12-10-20(11-13-23)19-8-5-18(6-9-19)14-22-15-21(7-4-17(22)2)28-27(32)26(31)25(30)24(16-29)34-28/h4-13,15,24-32H,3,14,16H2,1-2H3/t24-,25-,26+,27-,28+/m1/s1. The first-order chi connectivity index (χ1) is 16.4. The van der Waals surface area contributed by atoms with E-state index in [0.29, 0.717) is 18.6 Å². The Morgan fingerprint density at radius 2 is 1.47 bits per heavy atom. The molecule has 6 heteroatoms. The van der Waals surface area contributed by atoms with Gasteiger partial charge in [-0.2, -0.15) is 0 Å². The Morgan fingerprint density at radius 3 is 2.09 bits per heavy atom. The molecule has 0 unspecified atom stereocenters. The molecule has 0 spiro atoms. The summed E-state index contributed by atoms with van der Waals surface area (Å²) in [6.07, 6.45) is -5.12. The number of aryl methyl sites for hydroxylation is 1. The van der Waals surface area contributed by atoms with E-state index < -0.39 is 37.1 Å². The molecule has 0 radical (unpaired) electrons. The fourth-order valence-corrected chi connectivity index (χ4v) is 4.38. The van der Waals surface area contributed by atoms with Crippen molar-refractivity contribution < 1.29 is 29.9 Å². The minimum Gasteiger partial charge on any atom is -0.494 e. The molecule has 34 heavy (non-hydrogen) atoms. The monoisotopic (exact) mass is 464 g/mol. The van der Waals surface area contributed by atoms with Gasteiger partial charge in [-0.15, -0.1) is 0 Å². The lowest BCUT2D eigenvalue weighted by Crippen LogP contribution is -2.55. The van der Waals surface area contributed by atoms with Crippen LogP contribution in [0.15, 0.2) is 66.7 Å². The van der Waals surface area contributed by atoms with Crippen LogP contribution in [0.25, 0.3) is 11.1 Å². The third kappa shape index (κ3) is 5.17. The van der Waals surface area contributed by atoms with Crippen LogP contribution in [-0.2, 0) is 11.2 Å². The molecule has 1 heterocycles. The SMILES string of the molecule is CCOc1ccc(-c2ccc(Cc3cc([C@@H]4O[C@H](CO)[C@@H](O)[C@H](O)[C@H]4O)ccc3C)cc2)cc1. The van der Waals surface area contributed by atoms with Crippen LogP contribution < -0.4 is 4.74 Å². The van der Waals surface area contributed by atoms with E-state index in [1.807, 2.05) is 56.3 Å². The van der Waals surface area contributed by atoms with E-state index in [1.54, 1.807) is 0 Å². The van der Waals surface area contributed by atoms with Gasteiger partial charge in [0.05, 0.1) is 13.2 Å². The predicted molar refractivity (Wildman–Crippen MR) is 130 cm³/mol. The van der Waals surface area contributed by atoms with Crippen molar-refractivity contribution in [3.63, 3.8) is 0 Å². The second-order valence-electron chi connectivity index (χ2n) is 8.77. The van der Waals surface area contributed by atoms with E-state index in [-0.39, 0.29) is 0 Å². The Morgan fingerprint density at radius 1 is 0.824 bits per heavy atom. The zero-order valence-electron chi connectivity index (χ0n) is 19.5. The zero-order valence-corrected chi connectivity index (χ0v) is 19.5. The molecule has 0 aromatic heterocycles. The van der Waals surface area contributed by atoms with Gasteiger partial charge in [-0.05, 0) is 65.8 Å². The smallest absolute Gasteiger partial charge is 0.119 e. The number of benzene rings is 3. The van der Waals surface area contributed by atoms with Crippen LogP contribution in [0.2, 0.25) is 0 Å². The maximum absolute atomic E-state index is 10.5. The van der Waals surface area contributed by atoms with Gasteiger partial charge in [-0.25, -0.2) is 0 Å². The van der Waals surface area contributed by atoms with Crippen LogP contribution in [0.1, 0.15) is 35.3 Å². The average molecular weight is 465 g/mol. The Kier molecular flexibility index (Phi) is 7.66. The van der Waals surface area contributed by atoms with E-state index >= 15 is 0 Å². The summed E-state index contributed by atoms with van der Waals surface area (Å²) in [5.74, 6) is 0.859. The highest BCUT2D eigenvalue weighted by atomic mass is 16.5. The molecule has 0 bridgehead atoms. The summed E-state index contributed by atoms with van der Waals surface area (Å²) >= 11 is 0. The fourth-order valence-electron chi connectivity index (χ4n) is 4.38. The third-order valence-corrected chi connectivity index (χ3v) is 6.44. The van der Waals surface area contributed by atoms with Crippen LogP contribution in [0.3, 0.4) is 0 Å². The van der Waals surface area contributed by atoms with Gasteiger partial charge in [0.25, 0.3) is 0 Å². The summed E-state index contributed by atoms with van der Waals surface area (Å²) in [5, 5.41) is 40.2. The van der Waals surface area contributed by atoms with Gasteiger partial charge in [-0.3, -0.25) is 0 Å². The fraction of sp³-hybridized carbons (Fsp3) is 0.357. The Labute approximate surface area is 200 Å². The summed E-state index contributed by atoms with van der Waals surface area (Å²) in [7, 11) is 0. The molecule has 1 aliphatic rings. The number of hydrogen-bond donors (Lipinski definition) is 4. The summed E-state index contributed by atoms with van der Waals surface area (Å²) < 4.78 is 11.2. The van der Waals surface area contributed by atoms with Crippen LogP contribution in [0, 0.1) is 6.92 Å². The molecule has 0 amide bonds. The largest absolute Gasteiger partial charge is 0.494 e. The van der Waals surface area contributed by atoms with E-state index in [1.165, 1.54) is 0 Å². The Balaban J connectivity index is 1.51. The normalized spacial score (nSPS) is 24.7. The van der Waals surface area contributed by atoms with Crippen LogP contribution >= 0.6 is 0 Å². The molecule has 1 aliphatic heterocycles. The predicted octanol–water partition coefficient (Wildman–Crippen LogP) is 3.17. The number of rotatable bonds is 7. The first-order valence-electron chi connectivity index (χ1n) is 11.6. The lowest BCUT2D eigenvalue weighted by molar-refractivity contribution is -0.231. The van der Waals surface area contributed by atoms with Crippen molar-refractivity contribution in [1.29, 1.82) is 0 Å². The first kappa shape index (κ1) is 24.4. The molecule has 1 fully saturated rings. The number of aliphatic hydroxyl groups excluding tert-OH is 4. The second-order valence-corrected chi connectivity index (χ2v) is 8.77. The first-order valence-corrected chi connectivity index (χ1v) is 11.6. The van der Waals surface area contributed by atoms with Crippen molar-refractivity contribution in [3.8, 4) is 16.9 Å². The van der Waals surface area contributed by atoms with Crippen LogP contribution in [0.4, 0.5) is 0 Å². The Bertz CT molecular complexity index is 1080. The summed E-state index contributed by atoms with van der Waals surface area (Å²) in [6.45, 7) is 4.19. The van der Waals surface area contributed by atoms with Gasteiger partial charge < -0.3 is 29.9 Å². The molecule has 1 saturated heterocycles. The van der Waals surface area contributed by atoms with Gasteiger partial charge in [0.2, 0.25) is 0 Å². The maximum Gasteiger partial charge on any atom is 0.119 e. The maximum atomic E-state index is 10.5. The second kappa shape index (κ2) is 10.7. The van der Waals surface area contributed by atoms with Crippen molar-refractivity contribution in [2.24, 2.45) is 0 Å². The highest BCUT2D eigenvalue weighted by Crippen LogP contribution is 2.33. The molecule has 180 valence electrons. The topological polar surface area (TPSA) is 99.4 Å². The van der Waals surface area contributed by atoms with E-state index in [4.69, 9.17) is 9.47 Å². The van der Waals surface area contributed by atoms with E-state index in [2.05, 4.69) is 24.3 Å². The molecular weight excluding hydrogens is 432 g/mol. The minimum atomic E-state index is -1.39. The Hall–Kier alpha value is -2.74. The molecule has 0 aliphatic carbocycles. The van der Waals surface area contributed by atoms with Gasteiger partial charge in [0.1, 0.15) is 36.3 Å². The van der Waals surface area contributed by atoms with Crippen molar-refractivity contribution >= 4 is 0 Å². The average Bonchev–Trinajstić information content (AvgIpc) is 2.85. The summed E-state index contributed by atoms with van der Waals surface area (Å²) in [4.78, 5) is 0. The lowest BCUT2D eigenvalue weighted by atomic mass is 9.89. The lowest BCUT2D eigenvalue weighted by Gasteiger charge is -2.40. The minimum absolute atomic E-state index is 0.444. The number of ether oxygens (including phenoxy) is 2. The highest BCUT2D eigenvalue weighted by molar-refractivity contribution is 5.64. The van der Waals surface area contributed by atoms with Gasteiger partial charge >= 0.3 is 0 Å². The third-order valence-electron chi connectivity index (χ3n) is 6.44. The summed E-state index contributed by atoms with van der Waals surface area (Å²) in [5.41, 5.74) is 6.26. The summed E-state index contributed by atoms with van der Waals surface area (Å²) in [6, 6.07) is 22.2.